The second-order valence-electron chi connectivity index (χ2n) is 4.55. The van der Waals surface area contributed by atoms with Crippen LogP contribution < -0.4 is 10.9 Å². The lowest BCUT2D eigenvalue weighted by atomic mass is 9.90. The van der Waals surface area contributed by atoms with Gasteiger partial charge in [0.05, 0.1) is 0 Å². The van der Waals surface area contributed by atoms with E-state index in [9.17, 15) is 8.42 Å². The first-order valence-corrected chi connectivity index (χ1v) is 7.47. The molecular formula is C10H23N3O2S. The van der Waals surface area contributed by atoms with Crippen LogP contribution in [0, 0.1) is 0 Å². The maximum Gasteiger partial charge on any atom is 0.277 e. The predicted molar refractivity (Wildman–Crippen MR) is 65.0 cm³/mol. The zero-order valence-corrected chi connectivity index (χ0v) is 10.8. The van der Waals surface area contributed by atoms with Crippen molar-refractivity contribution in [2.75, 3.05) is 13.1 Å². The van der Waals surface area contributed by atoms with Gasteiger partial charge in [0.25, 0.3) is 10.2 Å². The minimum atomic E-state index is -3.65. The van der Waals surface area contributed by atoms with Gasteiger partial charge in [-0.1, -0.05) is 32.6 Å². The third-order valence-electron chi connectivity index (χ3n) is 3.54. The van der Waals surface area contributed by atoms with Gasteiger partial charge in [-0.3, -0.25) is 0 Å². The average Bonchev–Trinajstić information content (AvgIpc) is 2.43. The molecule has 0 atom stereocenters. The molecule has 0 aromatic carbocycles. The van der Waals surface area contributed by atoms with Crippen LogP contribution in [-0.2, 0) is 10.2 Å². The van der Waals surface area contributed by atoms with E-state index in [2.05, 4.69) is 0 Å². The van der Waals surface area contributed by atoms with Crippen LogP contribution in [0.15, 0.2) is 0 Å². The Bertz CT molecular complexity index is 308. The molecule has 16 heavy (non-hydrogen) atoms. The van der Waals surface area contributed by atoms with E-state index >= 15 is 0 Å². The topological polar surface area (TPSA) is 89.4 Å². The summed E-state index contributed by atoms with van der Waals surface area (Å²) >= 11 is 0. The van der Waals surface area contributed by atoms with Crippen LogP contribution in [0.3, 0.4) is 0 Å². The van der Waals surface area contributed by atoms with Crippen LogP contribution in [0.1, 0.15) is 45.4 Å². The molecule has 1 fully saturated rings. The summed E-state index contributed by atoms with van der Waals surface area (Å²) in [5, 5.41) is 5.28. The van der Waals surface area contributed by atoms with Gasteiger partial charge in [-0.05, 0) is 12.8 Å². The fourth-order valence-corrected chi connectivity index (χ4v) is 3.88. The smallest absolute Gasteiger partial charge is 0.277 e. The molecule has 1 aliphatic rings. The van der Waals surface area contributed by atoms with E-state index in [0.717, 1.165) is 38.5 Å². The van der Waals surface area contributed by atoms with Crippen molar-refractivity contribution in [1.82, 2.24) is 4.31 Å². The van der Waals surface area contributed by atoms with E-state index < -0.39 is 15.7 Å². The van der Waals surface area contributed by atoms with Gasteiger partial charge in [0.1, 0.15) is 0 Å². The van der Waals surface area contributed by atoms with Gasteiger partial charge in [-0.2, -0.15) is 12.7 Å². The Hall–Kier alpha value is -0.170. The molecule has 5 nitrogen and oxygen atoms in total. The van der Waals surface area contributed by atoms with Crippen molar-refractivity contribution in [1.29, 1.82) is 0 Å². The van der Waals surface area contributed by atoms with Crippen LogP contribution in [0.2, 0.25) is 0 Å². The fraction of sp³-hybridized carbons (Fsp3) is 1.00. The van der Waals surface area contributed by atoms with E-state index in [0.29, 0.717) is 13.1 Å². The Morgan fingerprint density at radius 3 is 2.00 bits per heavy atom. The predicted octanol–water partition coefficient (Wildman–Crippen LogP) is 0.564. The largest absolute Gasteiger partial charge is 0.329 e. The third kappa shape index (κ3) is 2.94. The molecule has 0 aromatic heterocycles. The normalized spacial score (nSPS) is 22.0. The van der Waals surface area contributed by atoms with Crippen LogP contribution >= 0.6 is 0 Å². The van der Waals surface area contributed by atoms with Gasteiger partial charge in [-0.15, -0.1) is 0 Å². The first-order chi connectivity index (χ1) is 7.46. The Morgan fingerprint density at radius 1 is 1.19 bits per heavy atom. The van der Waals surface area contributed by atoms with E-state index in [1.165, 1.54) is 4.31 Å². The Labute approximate surface area is 98.4 Å². The number of rotatable bonds is 4. The molecule has 6 heteroatoms. The molecule has 96 valence electrons. The monoisotopic (exact) mass is 249 g/mol. The van der Waals surface area contributed by atoms with Crippen molar-refractivity contribution < 1.29 is 8.42 Å². The van der Waals surface area contributed by atoms with Crippen LogP contribution in [0.5, 0.6) is 0 Å². The minimum Gasteiger partial charge on any atom is -0.329 e. The summed E-state index contributed by atoms with van der Waals surface area (Å²) in [6.45, 7) is 2.57. The molecule has 0 spiro atoms. The van der Waals surface area contributed by atoms with Crippen molar-refractivity contribution in [2.45, 2.75) is 51.0 Å². The van der Waals surface area contributed by atoms with Crippen molar-refractivity contribution in [2.24, 2.45) is 10.9 Å². The maximum absolute atomic E-state index is 11.6. The van der Waals surface area contributed by atoms with Crippen LogP contribution in [0.25, 0.3) is 0 Å². The summed E-state index contributed by atoms with van der Waals surface area (Å²) in [5.74, 6) is 0. The van der Waals surface area contributed by atoms with E-state index in [1.54, 1.807) is 0 Å². The Kier molecular flexibility index (Phi) is 4.73. The summed E-state index contributed by atoms with van der Waals surface area (Å²) in [5.41, 5.74) is 5.37. The van der Waals surface area contributed by atoms with Gasteiger partial charge >= 0.3 is 0 Å². The molecule has 0 aliphatic heterocycles. The summed E-state index contributed by atoms with van der Waals surface area (Å²) in [7, 11) is -3.65. The second kappa shape index (κ2) is 5.44. The van der Waals surface area contributed by atoms with E-state index in [4.69, 9.17) is 10.9 Å². The number of hydrogen-bond donors (Lipinski definition) is 2. The zero-order chi connectivity index (χ0) is 12.2. The molecule has 0 bridgehead atoms. The van der Waals surface area contributed by atoms with Gasteiger partial charge in [0.2, 0.25) is 0 Å². The first-order valence-electron chi connectivity index (χ1n) is 5.97. The Morgan fingerprint density at radius 2 is 1.69 bits per heavy atom. The summed E-state index contributed by atoms with van der Waals surface area (Å²) < 4.78 is 24.6. The third-order valence-corrected chi connectivity index (χ3v) is 4.80. The standard InChI is InChI=1S/C10H23N3O2S/c1-2-13(16(12,14)15)10(9-11)7-5-3-4-6-8-10/h2-9,11H2,1H3,(H2,12,14,15). The molecule has 1 aliphatic carbocycles. The SMILES string of the molecule is CCN(C1(CN)CCCCCC1)S(N)(=O)=O. The molecule has 0 unspecified atom stereocenters. The quantitative estimate of drug-likeness (QED) is 0.713. The lowest BCUT2D eigenvalue weighted by molar-refractivity contribution is 0.174. The minimum absolute atomic E-state index is 0.358. The van der Waals surface area contributed by atoms with Gasteiger partial charge < -0.3 is 5.73 Å². The van der Waals surface area contributed by atoms with Gasteiger partial charge in [0, 0.05) is 18.6 Å². The molecule has 0 heterocycles. The highest BCUT2D eigenvalue weighted by Gasteiger charge is 2.40. The first kappa shape index (κ1) is 13.9. The van der Waals surface area contributed by atoms with Crippen molar-refractivity contribution in [3.63, 3.8) is 0 Å². The number of nitrogens with zero attached hydrogens (tertiary/aromatic N) is 1. The molecule has 0 radical (unpaired) electrons. The molecule has 1 rings (SSSR count). The van der Waals surface area contributed by atoms with Crippen LogP contribution in [-0.4, -0.2) is 31.4 Å². The number of hydrogen-bond acceptors (Lipinski definition) is 3. The summed E-state index contributed by atoms with van der Waals surface area (Å²) in [6, 6.07) is 0. The lowest BCUT2D eigenvalue weighted by Gasteiger charge is -2.40. The highest BCUT2D eigenvalue weighted by Crippen LogP contribution is 2.32. The molecule has 1 saturated carbocycles. The van der Waals surface area contributed by atoms with Gasteiger partial charge in [-0.25, -0.2) is 5.14 Å². The Balaban J connectivity index is 2.99. The highest BCUT2D eigenvalue weighted by atomic mass is 32.2. The van der Waals surface area contributed by atoms with Crippen LogP contribution in [0.4, 0.5) is 0 Å². The summed E-state index contributed by atoms with van der Waals surface area (Å²) in [6.07, 6.45) is 6.03. The average molecular weight is 249 g/mol. The number of likely N-dealkylation sites (N-methyl/N-ethyl adjacent to an activating group) is 1. The number of nitrogens with two attached hydrogens (primary N) is 2. The molecular weight excluding hydrogens is 226 g/mol. The highest BCUT2D eigenvalue weighted by molar-refractivity contribution is 7.86. The fourth-order valence-electron chi connectivity index (χ4n) is 2.73. The molecule has 0 saturated heterocycles. The van der Waals surface area contributed by atoms with E-state index in [1.807, 2.05) is 6.92 Å². The second-order valence-corrected chi connectivity index (χ2v) is 6.02. The van der Waals surface area contributed by atoms with Gasteiger partial charge in [0.15, 0.2) is 0 Å². The zero-order valence-electron chi connectivity index (χ0n) is 9.98. The lowest BCUT2D eigenvalue weighted by Crippen LogP contribution is -2.57. The molecule has 0 aromatic rings. The van der Waals surface area contributed by atoms with Crippen molar-refractivity contribution >= 4 is 10.2 Å². The molecule has 0 amide bonds. The maximum atomic E-state index is 11.6. The molecule has 4 N–H and O–H groups in total. The van der Waals surface area contributed by atoms with Crippen molar-refractivity contribution in [3.05, 3.63) is 0 Å². The van der Waals surface area contributed by atoms with Crippen molar-refractivity contribution in [3.8, 4) is 0 Å². The summed E-state index contributed by atoms with van der Waals surface area (Å²) in [4.78, 5) is 0. The van der Waals surface area contributed by atoms with E-state index in [-0.39, 0.29) is 0 Å².